The van der Waals surface area contributed by atoms with Gasteiger partial charge in [-0.1, -0.05) is 18.2 Å². The molecule has 4 N–H and O–H groups in total. The average Bonchev–Trinajstić information content (AvgIpc) is 3.58. The van der Waals surface area contributed by atoms with Crippen molar-refractivity contribution >= 4 is 28.2 Å². The monoisotopic (exact) mass is 508 g/mol. The van der Waals surface area contributed by atoms with Crippen molar-refractivity contribution in [2.75, 3.05) is 32.0 Å². The van der Waals surface area contributed by atoms with Gasteiger partial charge in [0, 0.05) is 55.7 Å². The van der Waals surface area contributed by atoms with Crippen LogP contribution in [-0.2, 0) is 22.6 Å². The van der Waals surface area contributed by atoms with Gasteiger partial charge in [0.15, 0.2) is 0 Å². The van der Waals surface area contributed by atoms with Crippen LogP contribution in [0, 0.1) is 0 Å². The quantitative estimate of drug-likeness (QED) is 0.378. The number of H-pyrrole nitrogens is 1. The molecule has 7 nitrogen and oxygen atoms in total. The van der Waals surface area contributed by atoms with Gasteiger partial charge in [0.25, 0.3) is 5.91 Å². The normalized spacial score (nSPS) is 20.2. The first-order valence-corrected chi connectivity index (χ1v) is 14.3. The largest absolute Gasteiger partial charge is 0.598 e. The van der Waals surface area contributed by atoms with Crippen molar-refractivity contribution in [3.05, 3.63) is 59.3 Å². The maximum atomic E-state index is 12.4. The summed E-state index contributed by atoms with van der Waals surface area (Å²) in [4.78, 5) is 15.7. The lowest BCUT2D eigenvalue weighted by Gasteiger charge is -2.31. The number of carbonyl (C=O) groups excluding carboxylic acids is 1. The van der Waals surface area contributed by atoms with Gasteiger partial charge < -0.3 is 25.3 Å². The van der Waals surface area contributed by atoms with Crippen LogP contribution in [0.25, 0.3) is 22.0 Å². The number of carbonyl (C=O) groups is 1. The predicted molar refractivity (Wildman–Crippen MR) is 145 cm³/mol. The van der Waals surface area contributed by atoms with E-state index in [1.54, 1.807) is 0 Å². The molecule has 2 aliphatic rings. The van der Waals surface area contributed by atoms with Crippen LogP contribution in [0.15, 0.2) is 42.6 Å². The van der Waals surface area contributed by atoms with E-state index >= 15 is 0 Å². The molecule has 3 aromatic rings. The maximum Gasteiger partial charge on any atom is 0.250 e. The Hall–Kier alpha value is -2.36. The molecule has 8 heteroatoms. The van der Waals surface area contributed by atoms with Gasteiger partial charge >= 0.3 is 0 Å². The lowest BCUT2D eigenvalue weighted by atomic mass is 9.88. The van der Waals surface area contributed by atoms with E-state index in [-0.39, 0.29) is 0 Å². The summed E-state index contributed by atoms with van der Waals surface area (Å²) < 4.78 is 20.0. The Balaban J connectivity index is 1.39. The van der Waals surface area contributed by atoms with Gasteiger partial charge in [-0.05, 0) is 79.0 Å². The standard InChI is InChI=1S/C28H36N4O3S/c1-2-36(34)32-10-8-20(9-11-32)26-18-31-27-24(26)14-22(15-25(27)28(29)33)21-6-3-5-19(13-21)16-30-17-23-7-4-12-35-23/h3,5-6,13-15,18,20,23,30-31H,2,4,7-12,16-17H2,1H3,(H2,29,33)/t23-,36?/m1/s1. The third kappa shape index (κ3) is 5.48. The number of rotatable bonds is 9. The van der Waals surface area contributed by atoms with Crippen molar-refractivity contribution in [1.82, 2.24) is 14.6 Å². The summed E-state index contributed by atoms with van der Waals surface area (Å²) in [6, 6.07) is 12.5. The third-order valence-corrected chi connectivity index (χ3v) is 8.94. The molecule has 2 aliphatic heterocycles. The zero-order valence-corrected chi connectivity index (χ0v) is 21.7. The molecule has 1 amide bonds. The Morgan fingerprint density at radius 3 is 2.78 bits per heavy atom. The summed E-state index contributed by atoms with van der Waals surface area (Å²) >= 11 is -0.894. The van der Waals surface area contributed by atoms with Gasteiger partial charge in [-0.3, -0.25) is 4.79 Å². The summed E-state index contributed by atoms with van der Waals surface area (Å²) in [6.07, 6.45) is 6.50. The van der Waals surface area contributed by atoms with Crippen molar-refractivity contribution in [2.24, 2.45) is 5.73 Å². The summed E-state index contributed by atoms with van der Waals surface area (Å²) in [5.41, 5.74) is 11.6. The second kappa shape index (κ2) is 11.4. The van der Waals surface area contributed by atoms with Gasteiger partial charge in [0.05, 0.1) is 17.2 Å². The number of hydrogen-bond donors (Lipinski definition) is 3. The van der Waals surface area contributed by atoms with E-state index in [0.717, 1.165) is 80.5 Å². The number of aromatic amines is 1. The van der Waals surface area contributed by atoms with E-state index in [9.17, 15) is 9.35 Å². The van der Waals surface area contributed by atoms with Crippen molar-refractivity contribution in [2.45, 2.75) is 51.2 Å². The molecular weight excluding hydrogens is 472 g/mol. The van der Waals surface area contributed by atoms with Gasteiger partial charge in [0.2, 0.25) is 0 Å². The smallest absolute Gasteiger partial charge is 0.250 e. The number of hydrogen-bond acceptors (Lipinski definition) is 5. The number of amides is 1. The molecule has 5 rings (SSSR count). The highest BCUT2D eigenvalue weighted by molar-refractivity contribution is 7.89. The molecule has 2 fully saturated rings. The van der Waals surface area contributed by atoms with Gasteiger partial charge in [-0.25, -0.2) is 0 Å². The minimum atomic E-state index is -0.894. The maximum absolute atomic E-state index is 12.4. The fourth-order valence-corrected chi connectivity index (χ4v) is 6.53. The Morgan fingerprint density at radius 2 is 2.06 bits per heavy atom. The minimum absolute atomic E-state index is 0.314. The number of ether oxygens (including phenoxy) is 1. The molecule has 1 unspecified atom stereocenters. The highest BCUT2D eigenvalue weighted by Crippen LogP contribution is 2.37. The third-order valence-electron chi connectivity index (χ3n) is 7.50. The fraction of sp³-hybridized carbons (Fsp3) is 0.464. The fourth-order valence-electron chi connectivity index (χ4n) is 5.55. The van der Waals surface area contributed by atoms with Gasteiger partial charge in [-0.15, -0.1) is 4.31 Å². The first-order valence-electron chi connectivity index (χ1n) is 13.0. The molecule has 192 valence electrons. The average molecular weight is 509 g/mol. The molecule has 0 aliphatic carbocycles. The minimum Gasteiger partial charge on any atom is -0.598 e. The first-order chi connectivity index (χ1) is 17.5. The summed E-state index contributed by atoms with van der Waals surface area (Å²) in [7, 11) is 0. The Labute approximate surface area is 216 Å². The van der Waals surface area contributed by atoms with E-state index in [0.29, 0.717) is 23.3 Å². The lowest BCUT2D eigenvalue weighted by Crippen LogP contribution is -2.38. The number of aromatic nitrogens is 1. The van der Waals surface area contributed by atoms with E-state index in [1.165, 1.54) is 11.1 Å². The van der Waals surface area contributed by atoms with Crippen molar-refractivity contribution < 1.29 is 14.1 Å². The highest BCUT2D eigenvalue weighted by Gasteiger charge is 2.28. The highest BCUT2D eigenvalue weighted by atomic mass is 32.2. The van der Waals surface area contributed by atoms with E-state index in [1.807, 2.05) is 19.2 Å². The molecular formula is C28H36N4O3S. The van der Waals surface area contributed by atoms with Gasteiger partial charge in [0.1, 0.15) is 5.75 Å². The Morgan fingerprint density at radius 1 is 1.22 bits per heavy atom. The molecule has 1 aromatic heterocycles. The second-order valence-electron chi connectivity index (χ2n) is 9.83. The van der Waals surface area contributed by atoms with Crippen LogP contribution in [0.2, 0.25) is 0 Å². The molecule has 0 spiro atoms. The SMILES string of the molecule is CC[S+]([O-])N1CCC(c2c[nH]c3c(C(N)=O)cc(-c4cccc(CNC[C@H]5CCCO5)c4)cc23)CC1. The Bertz CT molecular complexity index is 1200. The van der Waals surface area contributed by atoms with Crippen molar-refractivity contribution in [1.29, 1.82) is 0 Å². The number of fused-ring (bicyclic) bond motifs is 1. The number of benzene rings is 2. The lowest BCUT2D eigenvalue weighted by molar-refractivity contribution is 0.100. The van der Waals surface area contributed by atoms with E-state index < -0.39 is 17.3 Å². The van der Waals surface area contributed by atoms with Crippen LogP contribution in [0.3, 0.4) is 0 Å². The zero-order chi connectivity index (χ0) is 25.1. The molecule has 36 heavy (non-hydrogen) atoms. The molecule has 2 aromatic carbocycles. The number of nitrogens with two attached hydrogens (primary N) is 1. The topological polar surface area (TPSA) is 106 Å². The molecule has 2 atom stereocenters. The number of nitrogens with zero attached hydrogens (tertiary/aromatic N) is 1. The Kier molecular flexibility index (Phi) is 7.98. The molecule has 0 bridgehead atoms. The second-order valence-corrected chi connectivity index (χ2v) is 11.6. The van der Waals surface area contributed by atoms with Crippen LogP contribution >= 0.6 is 0 Å². The predicted octanol–water partition coefficient (Wildman–Crippen LogP) is 4.07. The van der Waals surface area contributed by atoms with E-state index in [4.69, 9.17) is 10.5 Å². The zero-order valence-electron chi connectivity index (χ0n) is 20.9. The number of nitrogens with one attached hydrogen (secondary N) is 2. The van der Waals surface area contributed by atoms with Gasteiger partial charge in [-0.2, -0.15) is 0 Å². The molecule has 3 heterocycles. The first kappa shape index (κ1) is 25.3. The summed E-state index contributed by atoms with van der Waals surface area (Å²) in [5.74, 6) is 0.581. The van der Waals surface area contributed by atoms with Crippen LogP contribution in [-0.4, -0.2) is 57.8 Å². The van der Waals surface area contributed by atoms with Crippen LogP contribution in [0.5, 0.6) is 0 Å². The summed E-state index contributed by atoms with van der Waals surface area (Å²) in [6.45, 7) is 6.10. The van der Waals surface area contributed by atoms with Crippen molar-refractivity contribution in [3.63, 3.8) is 0 Å². The molecule has 0 radical (unpaired) electrons. The van der Waals surface area contributed by atoms with Crippen LogP contribution in [0.4, 0.5) is 0 Å². The van der Waals surface area contributed by atoms with Crippen LogP contribution < -0.4 is 11.1 Å². The number of primary amides is 1. The molecule has 0 saturated carbocycles. The number of piperidine rings is 1. The van der Waals surface area contributed by atoms with E-state index in [2.05, 4.69) is 44.9 Å². The summed E-state index contributed by atoms with van der Waals surface area (Å²) in [5, 5.41) is 4.57. The van der Waals surface area contributed by atoms with Crippen LogP contribution in [0.1, 0.15) is 60.0 Å². The molecule has 2 saturated heterocycles. The van der Waals surface area contributed by atoms with Crippen molar-refractivity contribution in [3.8, 4) is 11.1 Å².